The first-order valence-corrected chi connectivity index (χ1v) is 5.19. The van der Waals surface area contributed by atoms with E-state index in [0.29, 0.717) is 5.54 Å². The lowest BCUT2D eigenvalue weighted by atomic mass is 10.1. The van der Waals surface area contributed by atoms with Gasteiger partial charge in [-0.2, -0.15) is 0 Å². The van der Waals surface area contributed by atoms with Crippen molar-refractivity contribution in [3.05, 3.63) is 41.5 Å². The van der Waals surface area contributed by atoms with Gasteiger partial charge in [0.15, 0.2) is 9.68 Å². The van der Waals surface area contributed by atoms with E-state index in [4.69, 9.17) is 0 Å². The first-order valence-electron chi connectivity index (χ1n) is 4.11. The number of benzene rings is 1. The maximum atomic E-state index is 3.23. The van der Waals surface area contributed by atoms with Crippen molar-refractivity contribution in [1.82, 2.24) is 4.98 Å². The van der Waals surface area contributed by atoms with Crippen molar-refractivity contribution < 1.29 is 0 Å². The molecule has 1 nitrogen and oxygen atoms in total. The van der Waals surface area contributed by atoms with Gasteiger partial charge in [0.1, 0.15) is 0 Å². The van der Waals surface area contributed by atoms with Crippen LogP contribution in [0.25, 0.3) is 6.08 Å². The van der Waals surface area contributed by atoms with Gasteiger partial charge in [-0.1, -0.05) is 36.4 Å². The minimum atomic E-state index is 0.603. The van der Waals surface area contributed by atoms with Gasteiger partial charge in [-0.05, 0) is 18.2 Å². The monoisotopic (exact) mass is 173 g/mol. The van der Waals surface area contributed by atoms with Crippen molar-refractivity contribution >= 4 is 15.8 Å². The summed E-state index contributed by atoms with van der Waals surface area (Å²) in [5.41, 5.74) is 3.45. The van der Waals surface area contributed by atoms with Crippen molar-refractivity contribution in [3.8, 4) is 0 Å². The lowest BCUT2D eigenvalue weighted by Gasteiger charge is -2.07. The Morgan fingerprint density at radius 2 is 2.17 bits per heavy atom. The normalized spacial score (nSPS) is 19.6. The summed E-state index contributed by atoms with van der Waals surface area (Å²) >= 11 is 0. The van der Waals surface area contributed by atoms with E-state index >= 15 is 0 Å². The van der Waals surface area contributed by atoms with Gasteiger partial charge < -0.3 is 4.98 Å². The van der Waals surface area contributed by atoms with Gasteiger partial charge in [0, 0.05) is 5.54 Å². The summed E-state index contributed by atoms with van der Waals surface area (Å²) in [6, 6.07) is 8.59. The fourth-order valence-electron chi connectivity index (χ4n) is 1.53. The Balaban J connectivity index is 2.30. The third-order valence-electron chi connectivity index (χ3n) is 2.10. The Morgan fingerprint density at radius 3 is 3.00 bits per heavy atom. The standard InChI is InChI=1S/C10H11NSi/c1-11-12-10-7-6-8-4-2-3-5-9(8)10/h2-7,10-11H,1H3. The van der Waals surface area contributed by atoms with Gasteiger partial charge in [0.05, 0.1) is 0 Å². The quantitative estimate of drug-likeness (QED) is 0.670. The highest BCUT2D eigenvalue weighted by Gasteiger charge is 2.15. The van der Waals surface area contributed by atoms with E-state index in [2.05, 4.69) is 41.4 Å². The van der Waals surface area contributed by atoms with E-state index in [9.17, 15) is 0 Å². The number of allylic oxidation sites excluding steroid dienone is 1. The van der Waals surface area contributed by atoms with E-state index in [0.717, 1.165) is 9.68 Å². The van der Waals surface area contributed by atoms with Crippen LogP contribution >= 0.6 is 0 Å². The number of rotatable bonds is 2. The Morgan fingerprint density at radius 1 is 1.33 bits per heavy atom. The van der Waals surface area contributed by atoms with E-state index in [-0.39, 0.29) is 0 Å². The predicted octanol–water partition coefficient (Wildman–Crippen LogP) is 1.59. The van der Waals surface area contributed by atoms with Crippen molar-refractivity contribution in [2.75, 3.05) is 7.05 Å². The first-order chi connectivity index (χ1) is 5.92. The van der Waals surface area contributed by atoms with Gasteiger partial charge in [-0.3, -0.25) is 0 Å². The average Bonchev–Trinajstić information content (AvgIpc) is 2.50. The van der Waals surface area contributed by atoms with Gasteiger partial charge in [0.2, 0.25) is 0 Å². The van der Waals surface area contributed by atoms with E-state index in [1.54, 1.807) is 0 Å². The molecular weight excluding hydrogens is 162 g/mol. The molecule has 2 rings (SSSR count). The molecule has 1 unspecified atom stereocenters. The summed E-state index contributed by atoms with van der Waals surface area (Å²) in [4.78, 5) is 3.23. The summed E-state index contributed by atoms with van der Waals surface area (Å²) in [7, 11) is 2.81. The second-order valence-electron chi connectivity index (χ2n) is 2.86. The van der Waals surface area contributed by atoms with Crippen molar-refractivity contribution in [1.29, 1.82) is 0 Å². The lowest BCUT2D eigenvalue weighted by molar-refractivity contribution is 1.13. The lowest BCUT2D eigenvalue weighted by Crippen LogP contribution is -2.19. The van der Waals surface area contributed by atoms with Crippen LogP contribution < -0.4 is 4.98 Å². The molecule has 0 amide bonds. The maximum Gasteiger partial charge on any atom is 0.151 e. The molecule has 0 saturated carbocycles. The van der Waals surface area contributed by atoms with Crippen LogP contribution in [-0.2, 0) is 0 Å². The van der Waals surface area contributed by atoms with Crippen molar-refractivity contribution in [3.63, 3.8) is 0 Å². The Bertz CT molecular complexity index is 306. The fourth-order valence-corrected chi connectivity index (χ4v) is 2.45. The van der Waals surface area contributed by atoms with Crippen LogP contribution in [-0.4, -0.2) is 16.7 Å². The third kappa shape index (κ3) is 1.23. The third-order valence-corrected chi connectivity index (χ3v) is 3.20. The molecule has 0 spiro atoms. The van der Waals surface area contributed by atoms with Gasteiger partial charge >= 0.3 is 0 Å². The molecule has 1 aromatic rings. The second-order valence-corrected chi connectivity index (χ2v) is 4.27. The molecule has 0 aromatic heterocycles. The van der Waals surface area contributed by atoms with E-state index < -0.39 is 0 Å². The zero-order chi connectivity index (χ0) is 8.39. The fraction of sp³-hybridized carbons (Fsp3) is 0.200. The largest absolute Gasteiger partial charge is 0.341 e. The molecule has 1 N–H and O–H groups in total. The highest BCUT2D eigenvalue weighted by atomic mass is 28.2. The van der Waals surface area contributed by atoms with E-state index in [1.165, 1.54) is 11.1 Å². The van der Waals surface area contributed by atoms with E-state index in [1.807, 2.05) is 7.05 Å². The van der Waals surface area contributed by atoms with Crippen LogP contribution in [0.15, 0.2) is 30.3 Å². The maximum absolute atomic E-state index is 3.23. The highest BCUT2D eigenvalue weighted by Crippen LogP contribution is 2.27. The molecule has 2 radical (unpaired) electrons. The highest BCUT2D eigenvalue weighted by molar-refractivity contribution is 6.36. The zero-order valence-corrected chi connectivity index (χ0v) is 8.04. The molecule has 1 aromatic carbocycles. The molecule has 0 bridgehead atoms. The molecule has 0 saturated heterocycles. The summed E-state index contributed by atoms with van der Waals surface area (Å²) in [6.07, 6.45) is 4.49. The molecule has 0 aliphatic heterocycles. The minimum Gasteiger partial charge on any atom is -0.341 e. The SMILES string of the molecule is CN[Si]C1C=Cc2ccccc21. The Hall–Kier alpha value is -0.863. The molecular formula is C10H11NSi. The molecule has 1 atom stereocenters. The smallest absolute Gasteiger partial charge is 0.151 e. The van der Waals surface area contributed by atoms with Crippen molar-refractivity contribution in [2.45, 2.75) is 5.54 Å². The Labute approximate surface area is 75.4 Å². The van der Waals surface area contributed by atoms with Crippen LogP contribution in [0, 0.1) is 0 Å². The number of hydrogen-bond acceptors (Lipinski definition) is 1. The summed E-state index contributed by atoms with van der Waals surface area (Å²) in [6.45, 7) is 0. The predicted molar refractivity (Wildman–Crippen MR) is 53.0 cm³/mol. The second kappa shape index (κ2) is 3.25. The number of nitrogens with one attached hydrogen (secondary N) is 1. The van der Waals surface area contributed by atoms with Gasteiger partial charge in [-0.25, -0.2) is 0 Å². The van der Waals surface area contributed by atoms with Gasteiger partial charge in [-0.15, -0.1) is 0 Å². The first kappa shape index (κ1) is 7.77. The summed E-state index contributed by atoms with van der Waals surface area (Å²) in [5.74, 6) is 0. The summed E-state index contributed by atoms with van der Waals surface area (Å²) < 4.78 is 0. The molecule has 0 heterocycles. The van der Waals surface area contributed by atoms with Crippen LogP contribution in [0.1, 0.15) is 16.7 Å². The number of fused-ring (bicyclic) bond motifs is 1. The van der Waals surface area contributed by atoms with Gasteiger partial charge in [0.25, 0.3) is 0 Å². The summed E-state index contributed by atoms with van der Waals surface area (Å²) in [5, 5.41) is 0. The average molecular weight is 173 g/mol. The van der Waals surface area contributed by atoms with Crippen molar-refractivity contribution in [2.24, 2.45) is 0 Å². The molecule has 1 aliphatic carbocycles. The minimum absolute atomic E-state index is 0.603. The molecule has 12 heavy (non-hydrogen) atoms. The van der Waals surface area contributed by atoms with Crippen LogP contribution in [0.5, 0.6) is 0 Å². The molecule has 2 heteroatoms. The molecule has 60 valence electrons. The Kier molecular flexibility index (Phi) is 2.10. The van der Waals surface area contributed by atoms with Crippen LogP contribution in [0.3, 0.4) is 0 Å². The van der Waals surface area contributed by atoms with Crippen LogP contribution in [0.2, 0.25) is 0 Å². The topological polar surface area (TPSA) is 12.0 Å². The number of hydrogen-bond donors (Lipinski definition) is 1. The van der Waals surface area contributed by atoms with Crippen LogP contribution in [0.4, 0.5) is 0 Å². The molecule has 1 aliphatic rings. The molecule has 0 fully saturated rings. The zero-order valence-electron chi connectivity index (χ0n) is 7.04.